The second-order valence-electron chi connectivity index (χ2n) is 4.64. The zero-order chi connectivity index (χ0) is 15.8. The minimum atomic E-state index is -4.54. The van der Waals surface area contributed by atoms with E-state index in [1.165, 1.54) is 19.2 Å². The normalized spacial score (nSPS) is 23.2. The Kier molecular flexibility index (Phi) is 3.91. The number of hydrogen-bond acceptors (Lipinski definition) is 3. The summed E-state index contributed by atoms with van der Waals surface area (Å²) in [5, 5.41) is 9.19. The van der Waals surface area contributed by atoms with Crippen LogP contribution in [-0.2, 0) is 20.5 Å². The van der Waals surface area contributed by atoms with Gasteiger partial charge in [0.25, 0.3) is 0 Å². The first-order chi connectivity index (χ1) is 9.71. The van der Waals surface area contributed by atoms with Crippen molar-refractivity contribution >= 4 is 11.9 Å². The number of ether oxygens (including phenoxy) is 1. The summed E-state index contributed by atoms with van der Waals surface area (Å²) in [5.74, 6) is -1.88. The lowest BCUT2D eigenvalue weighted by molar-refractivity contribution is -0.169. The fourth-order valence-electron chi connectivity index (χ4n) is 2.18. The highest BCUT2D eigenvalue weighted by Crippen LogP contribution is 2.34. The van der Waals surface area contributed by atoms with Crippen LogP contribution in [0.2, 0.25) is 0 Å². The van der Waals surface area contributed by atoms with Gasteiger partial charge in [0.2, 0.25) is 5.91 Å². The molecule has 0 radical (unpaired) electrons. The molecule has 0 aliphatic carbocycles. The molecule has 0 saturated carbocycles. The monoisotopic (exact) mass is 303 g/mol. The van der Waals surface area contributed by atoms with Crippen molar-refractivity contribution in [2.45, 2.75) is 18.3 Å². The van der Waals surface area contributed by atoms with Gasteiger partial charge in [-0.05, 0) is 17.7 Å². The van der Waals surface area contributed by atoms with Crippen LogP contribution in [-0.4, -0.2) is 41.6 Å². The quantitative estimate of drug-likeness (QED) is 0.903. The van der Waals surface area contributed by atoms with Crippen molar-refractivity contribution < 1.29 is 32.6 Å². The number of morpholine rings is 1. The Balaban J connectivity index is 2.40. The predicted octanol–water partition coefficient (Wildman–Crippen LogP) is 1.69. The molecule has 0 aromatic heterocycles. The maximum Gasteiger partial charge on any atom is 0.416 e. The Morgan fingerprint density at radius 1 is 1.43 bits per heavy atom. The number of carbonyl (C=O) groups excluding carboxylic acids is 1. The predicted molar refractivity (Wildman–Crippen MR) is 64.3 cm³/mol. The first-order valence-corrected chi connectivity index (χ1v) is 5.99. The summed E-state index contributed by atoms with van der Waals surface area (Å²) in [4.78, 5) is 23.7. The molecule has 0 bridgehead atoms. The molecule has 1 N–H and O–H groups in total. The second-order valence-corrected chi connectivity index (χ2v) is 4.64. The van der Waals surface area contributed by atoms with Crippen LogP contribution in [0.4, 0.5) is 13.2 Å². The molecule has 0 spiro atoms. The highest BCUT2D eigenvalue weighted by Gasteiger charge is 2.41. The number of nitrogens with zero attached hydrogens (tertiary/aromatic N) is 1. The average molecular weight is 303 g/mol. The molecule has 1 saturated heterocycles. The summed E-state index contributed by atoms with van der Waals surface area (Å²) < 4.78 is 43.3. The van der Waals surface area contributed by atoms with E-state index in [2.05, 4.69) is 0 Å². The number of carbonyl (C=O) groups is 2. The zero-order valence-corrected chi connectivity index (χ0v) is 10.9. The maximum atomic E-state index is 12.7. The van der Waals surface area contributed by atoms with Crippen molar-refractivity contribution in [3.8, 4) is 0 Å². The van der Waals surface area contributed by atoms with Gasteiger partial charge in [-0.1, -0.05) is 12.1 Å². The Bertz CT molecular complexity index is 573. The molecule has 2 rings (SSSR count). The molecular weight excluding hydrogens is 291 g/mol. The summed E-state index contributed by atoms with van der Waals surface area (Å²) in [7, 11) is 1.28. The molecule has 1 aliphatic rings. The zero-order valence-electron chi connectivity index (χ0n) is 10.9. The van der Waals surface area contributed by atoms with Gasteiger partial charge >= 0.3 is 12.1 Å². The van der Waals surface area contributed by atoms with Crippen molar-refractivity contribution in [1.82, 2.24) is 4.90 Å². The van der Waals surface area contributed by atoms with Gasteiger partial charge < -0.3 is 14.7 Å². The lowest BCUT2D eigenvalue weighted by Crippen LogP contribution is -2.52. The highest BCUT2D eigenvalue weighted by molar-refractivity contribution is 5.86. The van der Waals surface area contributed by atoms with Crippen molar-refractivity contribution in [1.29, 1.82) is 0 Å². The lowest BCUT2D eigenvalue weighted by atomic mass is 9.97. The molecule has 1 heterocycles. The third-order valence-electron chi connectivity index (χ3n) is 3.28. The highest BCUT2D eigenvalue weighted by atomic mass is 19.4. The molecule has 1 fully saturated rings. The minimum absolute atomic E-state index is 0.0663. The number of carboxylic acid groups (broad SMARTS) is 1. The van der Waals surface area contributed by atoms with E-state index in [1.54, 1.807) is 0 Å². The Labute approximate surface area is 117 Å². The first kappa shape index (κ1) is 15.3. The molecule has 1 aromatic carbocycles. The van der Waals surface area contributed by atoms with E-state index >= 15 is 0 Å². The van der Waals surface area contributed by atoms with Gasteiger partial charge in [0.1, 0.15) is 12.7 Å². The summed E-state index contributed by atoms with van der Waals surface area (Å²) in [6, 6.07) is 2.88. The Hall–Kier alpha value is -2.09. The van der Waals surface area contributed by atoms with Gasteiger partial charge in [-0.25, -0.2) is 4.79 Å². The van der Waals surface area contributed by atoms with Crippen molar-refractivity contribution in [2.24, 2.45) is 0 Å². The molecule has 114 valence electrons. The largest absolute Gasteiger partial charge is 0.480 e. The topological polar surface area (TPSA) is 66.8 Å². The standard InChI is InChI=1S/C13H12F3NO4/c1-17-9(18)6-21-11(10(17)12(19)20)7-3-2-4-8(5-7)13(14,15)16/h2-5,10-11H,6H2,1H3,(H,19,20). The lowest BCUT2D eigenvalue weighted by Gasteiger charge is -2.36. The van der Waals surface area contributed by atoms with Gasteiger partial charge in [0, 0.05) is 7.05 Å². The van der Waals surface area contributed by atoms with Gasteiger partial charge in [-0.3, -0.25) is 4.79 Å². The van der Waals surface area contributed by atoms with Crippen LogP contribution in [0.1, 0.15) is 17.2 Å². The van der Waals surface area contributed by atoms with Crippen LogP contribution in [0.5, 0.6) is 0 Å². The number of alkyl halides is 3. The number of aliphatic carboxylic acids is 1. The summed E-state index contributed by atoms with van der Waals surface area (Å²) in [6.45, 7) is -0.374. The third-order valence-corrected chi connectivity index (χ3v) is 3.28. The molecular formula is C13H12F3NO4. The molecule has 1 aliphatic heterocycles. The van der Waals surface area contributed by atoms with Crippen molar-refractivity contribution in [3.63, 3.8) is 0 Å². The van der Waals surface area contributed by atoms with E-state index in [0.29, 0.717) is 0 Å². The number of likely N-dealkylation sites (N-methyl/N-ethyl adjacent to an activating group) is 1. The fraction of sp³-hybridized carbons (Fsp3) is 0.385. The van der Waals surface area contributed by atoms with Crippen LogP contribution in [0.25, 0.3) is 0 Å². The smallest absolute Gasteiger partial charge is 0.416 e. The van der Waals surface area contributed by atoms with Crippen molar-refractivity contribution in [3.05, 3.63) is 35.4 Å². The average Bonchev–Trinajstić information content (AvgIpc) is 2.40. The SMILES string of the molecule is CN1C(=O)COC(c2cccc(C(F)(F)F)c2)C1C(=O)O. The Morgan fingerprint density at radius 3 is 2.67 bits per heavy atom. The van der Waals surface area contributed by atoms with Gasteiger partial charge in [0.15, 0.2) is 6.04 Å². The van der Waals surface area contributed by atoms with Crippen molar-refractivity contribution in [2.75, 3.05) is 13.7 Å². The number of rotatable bonds is 2. The number of hydrogen-bond donors (Lipinski definition) is 1. The van der Waals surface area contributed by atoms with Gasteiger partial charge in [-0.2, -0.15) is 13.2 Å². The molecule has 1 aromatic rings. The first-order valence-electron chi connectivity index (χ1n) is 5.99. The van der Waals surface area contributed by atoms with Gasteiger partial charge in [0.05, 0.1) is 5.56 Å². The molecule has 8 heteroatoms. The molecule has 2 atom stereocenters. The molecule has 2 unspecified atom stereocenters. The summed E-state index contributed by atoms with van der Waals surface area (Å²) in [5.41, 5.74) is -0.830. The van der Waals surface area contributed by atoms with Crippen LogP contribution in [0.3, 0.4) is 0 Å². The van der Waals surface area contributed by atoms with E-state index in [-0.39, 0.29) is 12.2 Å². The fourth-order valence-corrected chi connectivity index (χ4v) is 2.18. The van der Waals surface area contributed by atoms with E-state index in [1.807, 2.05) is 0 Å². The van der Waals surface area contributed by atoms with Crippen LogP contribution < -0.4 is 0 Å². The van der Waals surface area contributed by atoms with Crippen LogP contribution >= 0.6 is 0 Å². The van der Waals surface area contributed by atoms with E-state index in [4.69, 9.17) is 4.74 Å². The van der Waals surface area contributed by atoms with Crippen LogP contribution in [0, 0.1) is 0 Å². The second kappa shape index (κ2) is 5.36. The Morgan fingerprint density at radius 2 is 2.10 bits per heavy atom. The van der Waals surface area contributed by atoms with Gasteiger partial charge in [-0.15, -0.1) is 0 Å². The maximum absolute atomic E-state index is 12.7. The number of carboxylic acids is 1. The van der Waals surface area contributed by atoms with E-state index in [9.17, 15) is 27.9 Å². The number of benzene rings is 1. The summed E-state index contributed by atoms with van der Waals surface area (Å²) in [6.07, 6.45) is -5.68. The van der Waals surface area contributed by atoms with E-state index in [0.717, 1.165) is 17.0 Å². The summed E-state index contributed by atoms with van der Waals surface area (Å²) >= 11 is 0. The van der Waals surface area contributed by atoms with E-state index < -0.39 is 35.8 Å². The molecule has 21 heavy (non-hydrogen) atoms. The molecule has 1 amide bonds. The number of halogens is 3. The number of amides is 1. The minimum Gasteiger partial charge on any atom is -0.480 e. The third kappa shape index (κ3) is 2.99. The van der Waals surface area contributed by atoms with Crippen LogP contribution in [0.15, 0.2) is 24.3 Å². The molecule has 5 nitrogen and oxygen atoms in total.